The largest absolute Gasteiger partial charge is 0.490 e. The Morgan fingerprint density at radius 3 is 2.56 bits per heavy atom. The van der Waals surface area contributed by atoms with Gasteiger partial charge in [-0.25, -0.2) is 4.79 Å². The Kier molecular flexibility index (Phi) is 16.4. The molecular weight excluding hydrogens is 794 g/mol. The van der Waals surface area contributed by atoms with Gasteiger partial charge in [0.15, 0.2) is 6.04 Å². The number of thioether (sulfide) groups is 2. The highest BCUT2D eigenvalue weighted by Gasteiger charge is 2.35. The molecule has 1 saturated heterocycles. The van der Waals surface area contributed by atoms with E-state index in [0.29, 0.717) is 23.9 Å². The van der Waals surface area contributed by atoms with Crippen LogP contribution < -0.4 is 21.8 Å². The van der Waals surface area contributed by atoms with Gasteiger partial charge in [0.05, 0.1) is 18.5 Å². The fourth-order valence-corrected chi connectivity index (χ4v) is 9.14. The van der Waals surface area contributed by atoms with Gasteiger partial charge in [-0.1, -0.05) is 45.3 Å². The molecule has 5 rings (SSSR count). The first-order valence-electron chi connectivity index (χ1n) is 18.2. The number of likely N-dealkylation sites (tertiary alicyclic amines) is 1. The number of esters is 1. The molecule has 3 aliphatic heterocycles. The van der Waals surface area contributed by atoms with Crippen molar-refractivity contribution >= 4 is 59.4 Å². The molecule has 1 fully saturated rings. The second kappa shape index (κ2) is 21.8. The zero-order valence-corrected chi connectivity index (χ0v) is 33.3. The van der Waals surface area contributed by atoms with Gasteiger partial charge >= 0.3 is 5.97 Å². The van der Waals surface area contributed by atoms with Crippen molar-refractivity contribution in [2.75, 3.05) is 45.1 Å². The standard InChI is InChI=1S/C35H44ClN15O4S2/c36-23-7-3-22(4-8-23)33-44-24(19-56-33)20-57-34-27(16-38)30(26(15-37)31(46-34)51-11-1-2-12-51)21-5-9-25(10-6-21)54-13-14-55-35(53)29(18-43-49-40)45-32(52)28(47-50-41)17-42-48-39/h3,5,7-10,15-16,19,21-22,28-29,33-34,37-38,44,46H,1-2,4,6,11-14,17-18,20H2,(H2,41,47)(H,45,52)/t21?,22?,28-,29-,33?,34?/m0/s1. The fourth-order valence-electron chi connectivity index (χ4n) is 6.71. The Morgan fingerprint density at radius 2 is 1.89 bits per heavy atom. The zero-order valence-electron chi connectivity index (χ0n) is 30.9. The fraction of sp³-hybridized carbons (Fsp3) is 0.486. The number of nitrogens with zero attached hydrogens (tertiary/aromatic N) is 9. The number of dihydropyridines is 1. The number of amides is 1. The average molecular weight is 838 g/mol. The molecule has 57 heavy (non-hydrogen) atoms. The summed E-state index contributed by atoms with van der Waals surface area (Å²) in [6.07, 6.45) is 18.3. The first-order chi connectivity index (χ1) is 27.8. The maximum Gasteiger partial charge on any atom is 0.328 e. The minimum absolute atomic E-state index is 0.0119. The number of hydrogen-bond donors (Lipinski definition) is 6. The van der Waals surface area contributed by atoms with Crippen LogP contribution in [-0.2, 0) is 19.1 Å². The maximum absolute atomic E-state index is 12.8. The third kappa shape index (κ3) is 11.6. The molecule has 19 nitrogen and oxygen atoms in total. The van der Waals surface area contributed by atoms with Gasteiger partial charge < -0.3 is 47.0 Å². The van der Waals surface area contributed by atoms with E-state index in [1.54, 1.807) is 23.5 Å². The quantitative estimate of drug-likeness (QED) is 0.0129. The number of nitrogens with one attached hydrogen (secondary N) is 5. The van der Waals surface area contributed by atoms with Crippen molar-refractivity contribution in [3.63, 3.8) is 0 Å². The summed E-state index contributed by atoms with van der Waals surface area (Å²) < 4.78 is 11.2. The molecule has 0 aromatic heterocycles. The average Bonchev–Trinajstić information content (AvgIpc) is 3.95. The monoisotopic (exact) mass is 837 g/mol. The number of halogens is 1. The predicted octanol–water partition coefficient (Wildman–Crippen LogP) is 5.57. The van der Waals surface area contributed by atoms with Crippen LogP contribution in [-0.4, -0.2) is 97.2 Å². The van der Waals surface area contributed by atoms with Gasteiger partial charge in [-0.2, -0.15) is 5.11 Å². The number of carbonyl (C=O) groups excluding carboxylic acids is 2. The molecule has 0 spiro atoms. The lowest BCUT2D eigenvalue weighted by molar-refractivity contribution is -0.148. The number of ether oxygens (including phenoxy) is 2. The molecule has 3 heterocycles. The number of allylic oxidation sites excluding steroid dienone is 8. The highest BCUT2D eigenvalue weighted by Crippen LogP contribution is 2.40. The third-order valence-electron chi connectivity index (χ3n) is 9.48. The molecule has 0 aromatic rings. The molecule has 4 unspecified atom stereocenters. The van der Waals surface area contributed by atoms with Crippen molar-refractivity contribution in [1.29, 1.82) is 10.8 Å². The molecule has 0 radical (unpaired) electrons. The van der Waals surface area contributed by atoms with Crippen LogP contribution >= 0.6 is 35.1 Å². The highest BCUT2D eigenvalue weighted by atomic mass is 35.5. The van der Waals surface area contributed by atoms with Crippen molar-refractivity contribution in [2.24, 2.45) is 38.2 Å². The van der Waals surface area contributed by atoms with Gasteiger partial charge in [0.25, 0.3) is 0 Å². The summed E-state index contributed by atoms with van der Waals surface area (Å²) in [7, 11) is 0. The van der Waals surface area contributed by atoms with Crippen LogP contribution in [0.5, 0.6) is 0 Å². The number of azide groups is 2. The van der Waals surface area contributed by atoms with Crippen LogP contribution in [0.15, 0.2) is 101 Å². The van der Waals surface area contributed by atoms with Crippen LogP contribution in [0.4, 0.5) is 0 Å². The Labute approximate surface area is 342 Å². The van der Waals surface area contributed by atoms with Crippen molar-refractivity contribution < 1.29 is 19.1 Å². The second-order valence-corrected chi connectivity index (χ2v) is 15.6. The molecule has 302 valence electrons. The molecule has 6 atom stereocenters. The van der Waals surface area contributed by atoms with E-state index in [2.05, 4.69) is 68.8 Å². The molecule has 22 heteroatoms. The molecule has 2 aliphatic carbocycles. The van der Waals surface area contributed by atoms with E-state index in [-0.39, 0.29) is 29.9 Å². The van der Waals surface area contributed by atoms with Gasteiger partial charge in [-0.05, 0) is 66.0 Å². The van der Waals surface area contributed by atoms with E-state index in [1.807, 2.05) is 24.3 Å². The highest BCUT2D eigenvalue weighted by molar-refractivity contribution is 8.03. The van der Waals surface area contributed by atoms with Crippen molar-refractivity contribution in [3.8, 4) is 0 Å². The topological polar surface area (TPSA) is 288 Å². The Bertz CT molecular complexity index is 1890. The molecule has 0 saturated carbocycles. The molecule has 1 amide bonds. The van der Waals surface area contributed by atoms with E-state index in [0.717, 1.165) is 65.6 Å². The van der Waals surface area contributed by atoms with Crippen molar-refractivity contribution in [2.45, 2.75) is 48.5 Å². The molecule has 0 aromatic carbocycles. The van der Waals surface area contributed by atoms with Gasteiger partial charge in [0.2, 0.25) is 5.91 Å². The van der Waals surface area contributed by atoms with Crippen molar-refractivity contribution in [1.82, 2.24) is 20.9 Å². The summed E-state index contributed by atoms with van der Waals surface area (Å²) in [5, 5.41) is 43.0. The first kappa shape index (κ1) is 42.8. The lowest BCUT2D eigenvalue weighted by atomic mass is 9.82. The van der Waals surface area contributed by atoms with Gasteiger partial charge in [0.1, 0.15) is 36.2 Å². The van der Waals surface area contributed by atoms with Gasteiger partial charge in [-0.3, -0.25) is 4.79 Å². The summed E-state index contributed by atoms with van der Waals surface area (Å²) in [5.74, 6) is 5.73. The van der Waals surface area contributed by atoms with Crippen molar-refractivity contribution in [3.05, 3.63) is 102 Å². The minimum Gasteiger partial charge on any atom is -0.490 e. The Balaban J connectivity index is 1.20. The minimum atomic E-state index is -1.35. The number of carbonyl (C=O) groups is 2. The summed E-state index contributed by atoms with van der Waals surface area (Å²) in [6.45, 7) is 0.747. The van der Waals surface area contributed by atoms with Gasteiger partial charge in [-0.15, -0.1) is 23.5 Å². The Morgan fingerprint density at radius 1 is 1.11 bits per heavy atom. The van der Waals surface area contributed by atoms with E-state index < -0.39 is 37.0 Å². The predicted molar refractivity (Wildman–Crippen MR) is 221 cm³/mol. The number of hydrogen-bond acceptors (Lipinski definition) is 15. The van der Waals surface area contributed by atoms with Crippen LogP contribution in [0.2, 0.25) is 0 Å². The summed E-state index contributed by atoms with van der Waals surface area (Å²) in [4.78, 5) is 32.9. The maximum atomic E-state index is 12.8. The summed E-state index contributed by atoms with van der Waals surface area (Å²) in [6, 6.07) is -2.66. The molecule has 0 bridgehead atoms. The zero-order chi connectivity index (χ0) is 40.6. The van der Waals surface area contributed by atoms with E-state index >= 15 is 0 Å². The molecule has 7 N–H and O–H groups in total. The number of rotatable bonds is 20. The molecule has 5 aliphatic rings. The SMILES string of the molecule is [N-]=[N+]=NC[C@H](N=NN)C(=O)N[C@@H](CN=[N+]=[N-])C(=O)OCCOC1=CCC(C2=C(C=N)C(SCC3=CSC(C4C=CC(Cl)=CC4)N3)NC(N3CCCC3)=C2C=N)C=C1. The first-order valence-corrected chi connectivity index (χ1v) is 20.5. The third-order valence-corrected chi connectivity index (χ3v) is 12.1. The van der Waals surface area contributed by atoms with E-state index in [9.17, 15) is 9.59 Å². The lowest BCUT2D eigenvalue weighted by Gasteiger charge is -2.37. The smallest absolute Gasteiger partial charge is 0.328 e. The van der Waals surface area contributed by atoms with E-state index in [1.165, 1.54) is 12.4 Å². The Hall–Kier alpha value is -5.33. The van der Waals surface area contributed by atoms with Crippen LogP contribution in [0, 0.1) is 22.7 Å². The lowest BCUT2D eigenvalue weighted by Crippen LogP contribution is -2.48. The normalized spacial score (nSPS) is 23.9. The van der Waals surface area contributed by atoms with E-state index in [4.69, 9.17) is 48.8 Å². The second-order valence-electron chi connectivity index (χ2n) is 13.1. The van der Waals surface area contributed by atoms with Crippen LogP contribution in [0.25, 0.3) is 20.9 Å². The molecular formula is C35H44ClN15O4S2. The van der Waals surface area contributed by atoms with Crippen LogP contribution in [0.1, 0.15) is 25.7 Å². The number of nitrogens with two attached hydrogens (primary N) is 1. The summed E-state index contributed by atoms with van der Waals surface area (Å²) in [5.41, 5.74) is 21.0. The van der Waals surface area contributed by atoms with Crippen LogP contribution in [0.3, 0.4) is 0 Å². The summed E-state index contributed by atoms with van der Waals surface area (Å²) >= 11 is 9.64. The van der Waals surface area contributed by atoms with Gasteiger partial charge in [0, 0.05) is 74.8 Å².